The first-order valence-electron chi connectivity index (χ1n) is 12.8. The van der Waals surface area contributed by atoms with Crippen LogP contribution < -0.4 is 0 Å². The maximum Gasteiger partial charge on any atom is 0.169 e. The van der Waals surface area contributed by atoms with Crippen molar-refractivity contribution in [1.29, 1.82) is 0 Å². The highest BCUT2D eigenvalue weighted by Crippen LogP contribution is 2.38. The zero-order valence-electron chi connectivity index (χ0n) is 21.2. The Kier molecular flexibility index (Phi) is 10.3. The van der Waals surface area contributed by atoms with Gasteiger partial charge in [-0.25, -0.2) is 0 Å². The van der Waals surface area contributed by atoms with Crippen LogP contribution in [0.15, 0.2) is 36.4 Å². The number of ketones is 2. The van der Waals surface area contributed by atoms with Gasteiger partial charge in [-0.3, -0.25) is 9.59 Å². The number of aryl methyl sites for hydroxylation is 2. The van der Waals surface area contributed by atoms with Crippen molar-refractivity contribution in [2.75, 3.05) is 0 Å². The molecule has 4 heteroatoms. The number of carbonyl (C=O) groups is 2. The minimum absolute atomic E-state index is 0.144. The van der Waals surface area contributed by atoms with Crippen LogP contribution in [0.1, 0.15) is 110 Å². The number of hydrogen-bond acceptors (Lipinski definition) is 4. The molecule has 0 radical (unpaired) electrons. The van der Waals surface area contributed by atoms with Crippen LogP contribution in [0.2, 0.25) is 0 Å². The molecule has 0 aliphatic rings. The average Bonchev–Trinajstić information content (AvgIpc) is 3.45. The number of Topliss-reactive ketones (excluding diaryl/α,β-unsaturated/α-hetero) is 2. The normalized spacial score (nSPS) is 11.2. The predicted octanol–water partition coefficient (Wildman–Crippen LogP) is 9.79. The van der Waals surface area contributed by atoms with E-state index in [9.17, 15) is 9.59 Å². The number of benzene rings is 1. The second-order valence-corrected chi connectivity index (χ2v) is 11.3. The quantitative estimate of drug-likeness (QED) is 0.165. The first-order valence-corrected chi connectivity index (χ1v) is 14.5. The van der Waals surface area contributed by atoms with Gasteiger partial charge in [-0.05, 0) is 73.9 Å². The number of rotatable bonds is 14. The van der Waals surface area contributed by atoms with Gasteiger partial charge in [0, 0.05) is 9.75 Å². The average molecular weight is 495 g/mol. The lowest BCUT2D eigenvalue weighted by Crippen LogP contribution is -1.89. The first kappa shape index (κ1) is 26.6. The van der Waals surface area contributed by atoms with Gasteiger partial charge in [0.25, 0.3) is 0 Å². The molecule has 2 nitrogen and oxygen atoms in total. The topological polar surface area (TPSA) is 34.1 Å². The molecular weight excluding hydrogens is 456 g/mol. The van der Waals surface area contributed by atoms with E-state index in [-0.39, 0.29) is 11.6 Å². The minimum atomic E-state index is 0.144. The Bertz CT molecular complexity index is 998. The lowest BCUT2D eigenvalue weighted by molar-refractivity contribution is 0.101. The predicted molar refractivity (Wildman–Crippen MR) is 149 cm³/mol. The number of unbranched alkanes of at least 4 members (excludes halogenated alkanes) is 6. The Morgan fingerprint density at radius 1 is 0.618 bits per heavy atom. The van der Waals surface area contributed by atoms with Crippen LogP contribution in [0.25, 0.3) is 20.9 Å². The summed E-state index contributed by atoms with van der Waals surface area (Å²) in [5, 5.41) is 0. The van der Waals surface area contributed by atoms with E-state index in [1.54, 1.807) is 36.5 Å². The van der Waals surface area contributed by atoms with Crippen LogP contribution in [-0.4, -0.2) is 11.6 Å². The molecule has 3 aromatic rings. The molecule has 182 valence electrons. The molecule has 0 atom stereocenters. The van der Waals surface area contributed by atoms with Gasteiger partial charge in [-0.2, -0.15) is 0 Å². The van der Waals surface area contributed by atoms with E-state index in [4.69, 9.17) is 0 Å². The van der Waals surface area contributed by atoms with E-state index in [1.807, 2.05) is 0 Å². The summed E-state index contributed by atoms with van der Waals surface area (Å²) in [6, 6.07) is 13.0. The third-order valence-electron chi connectivity index (χ3n) is 6.32. The van der Waals surface area contributed by atoms with Crippen LogP contribution in [0.4, 0.5) is 0 Å². The Morgan fingerprint density at radius 2 is 1.00 bits per heavy atom. The standard InChI is InChI=1S/C30H38O2S2/c1-5-7-9-11-13-25-19-27(21(3)31)33-29(25)23-15-17-24(18-16-23)30-26(14-12-10-8-6-2)20-28(34-30)22(4)32/h15-20H,5-14H2,1-4H3. The van der Waals surface area contributed by atoms with Crippen molar-refractivity contribution >= 4 is 34.2 Å². The molecule has 2 heterocycles. The Morgan fingerprint density at radius 3 is 1.32 bits per heavy atom. The van der Waals surface area contributed by atoms with E-state index in [0.29, 0.717) is 0 Å². The zero-order valence-corrected chi connectivity index (χ0v) is 22.8. The molecule has 0 saturated heterocycles. The zero-order chi connectivity index (χ0) is 24.5. The molecule has 0 saturated carbocycles. The number of carbonyl (C=O) groups excluding carboxylic acids is 2. The van der Waals surface area contributed by atoms with Crippen LogP contribution >= 0.6 is 22.7 Å². The van der Waals surface area contributed by atoms with Crippen molar-refractivity contribution in [2.24, 2.45) is 0 Å². The molecule has 0 spiro atoms. The Balaban J connectivity index is 1.86. The van der Waals surface area contributed by atoms with Crippen molar-refractivity contribution in [3.05, 3.63) is 57.3 Å². The third kappa shape index (κ3) is 6.99. The Hall–Kier alpha value is -2.04. The molecule has 2 aromatic heterocycles. The highest BCUT2D eigenvalue weighted by molar-refractivity contribution is 7.18. The van der Waals surface area contributed by atoms with Gasteiger partial charge in [0.05, 0.1) is 9.75 Å². The number of hydrogen-bond donors (Lipinski definition) is 0. The van der Waals surface area contributed by atoms with Crippen molar-refractivity contribution in [3.63, 3.8) is 0 Å². The van der Waals surface area contributed by atoms with Gasteiger partial charge in [0.2, 0.25) is 0 Å². The molecule has 0 N–H and O–H groups in total. The van der Waals surface area contributed by atoms with Crippen LogP contribution in [0.3, 0.4) is 0 Å². The molecule has 1 aromatic carbocycles. The fourth-order valence-electron chi connectivity index (χ4n) is 4.32. The molecule has 3 rings (SSSR count). The van der Waals surface area contributed by atoms with Crippen molar-refractivity contribution in [2.45, 2.75) is 91.9 Å². The van der Waals surface area contributed by atoms with Gasteiger partial charge in [-0.1, -0.05) is 76.6 Å². The summed E-state index contributed by atoms with van der Waals surface area (Å²) in [6.07, 6.45) is 11.8. The number of thiophene rings is 2. The Labute approximate surface area is 213 Å². The monoisotopic (exact) mass is 494 g/mol. The van der Waals surface area contributed by atoms with E-state index < -0.39 is 0 Å². The first-order chi connectivity index (χ1) is 16.4. The lowest BCUT2D eigenvalue weighted by atomic mass is 10.00. The maximum absolute atomic E-state index is 12.1. The van der Waals surface area contributed by atoms with Crippen LogP contribution in [0, 0.1) is 0 Å². The van der Waals surface area contributed by atoms with Crippen LogP contribution in [0.5, 0.6) is 0 Å². The summed E-state index contributed by atoms with van der Waals surface area (Å²) in [5.74, 6) is 0.288. The smallest absolute Gasteiger partial charge is 0.169 e. The molecule has 0 unspecified atom stereocenters. The lowest BCUT2D eigenvalue weighted by Gasteiger charge is -2.07. The highest BCUT2D eigenvalue weighted by atomic mass is 32.1. The van der Waals surface area contributed by atoms with Crippen molar-refractivity contribution < 1.29 is 9.59 Å². The van der Waals surface area contributed by atoms with Gasteiger partial charge in [0.15, 0.2) is 11.6 Å². The summed E-state index contributed by atoms with van der Waals surface area (Å²) < 4.78 is 0. The molecule has 0 amide bonds. The molecule has 34 heavy (non-hydrogen) atoms. The second-order valence-electron chi connectivity index (χ2n) is 9.24. The summed E-state index contributed by atoms with van der Waals surface area (Å²) in [5.41, 5.74) is 4.95. The second kappa shape index (κ2) is 13.2. The summed E-state index contributed by atoms with van der Waals surface area (Å²) in [7, 11) is 0. The van der Waals surface area contributed by atoms with Gasteiger partial charge in [-0.15, -0.1) is 22.7 Å². The summed E-state index contributed by atoms with van der Waals surface area (Å²) >= 11 is 3.24. The largest absolute Gasteiger partial charge is 0.294 e. The highest BCUT2D eigenvalue weighted by Gasteiger charge is 2.16. The summed E-state index contributed by atoms with van der Waals surface area (Å²) in [4.78, 5) is 28.3. The minimum Gasteiger partial charge on any atom is -0.294 e. The van der Waals surface area contributed by atoms with Crippen molar-refractivity contribution in [1.82, 2.24) is 0 Å². The molecule has 0 fully saturated rings. The molecule has 0 aliphatic heterocycles. The fourth-order valence-corrected chi connectivity index (χ4v) is 6.54. The molecule has 0 aliphatic carbocycles. The fraction of sp³-hybridized carbons (Fsp3) is 0.467. The molecule has 0 bridgehead atoms. The van der Waals surface area contributed by atoms with Crippen LogP contribution in [-0.2, 0) is 12.8 Å². The third-order valence-corrected chi connectivity index (χ3v) is 8.98. The van der Waals surface area contributed by atoms with Gasteiger partial charge >= 0.3 is 0 Å². The van der Waals surface area contributed by atoms with E-state index in [1.165, 1.54) is 70.5 Å². The van der Waals surface area contributed by atoms with Crippen molar-refractivity contribution in [3.8, 4) is 20.9 Å². The van der Waals surface area contributed by atoms with E-state index >= 15 is 0 Å². The van der Waals surface area contributed by atoms with Gasteiger partial charge < -0.3 is 0 Å². The van der Waals surface area contributed by atoms with E-state index in [2.05, 4.69) is 50.2 Å². The maximum atomic E-state index is 12.1. The SMILES string of the molecule is CCCCCCc1cc(C(C)=O)sc1-c1ccc(-c2sc(C(C)=O)cc2CCCCCC)cc1. The van der Waals surface area contributed by atoms with Gasteiger partial charge in [0.1, 0.15) is 0 Å². The summed E-state index contributed by atoms with van der Waals surface area (Å²) in [6.45, 7) is 7.78. The van der Waals surface area contributed by atoms with E-state index in [0.717, 1.165) is 35.4 Å². The molecular formula is C30H38O2S2.